The molecule has 0 aliphatic carbocycles. The van der Waals surface area contributed by atoms with Crippen molar-refractivity contribution < 1.29 is 16.5 Å². The zero-order valence-corrected chi connectivity index (χ0v) is 6.77. The fraction of sp³-hybridized carbons (Fsp3) is 0.250. The van der Waals surface area contributed by atoms with E-state index in [2.05, 4.69) is 0 Å². The van der Waals surface area contributed by atoms with E-state index in [4.69, 9.17) is 0 Å². The maximum Gasteiger partial charge on any atom is 2.00 e. The molecule has 0 unspecified atom stereocenters. The molecule has 0 aromatic heterocycles. The first kappa shape index (κ1) is 11.6. The standard InChI is InChI=1S/C5H5.C3H7.Ni/c1-2-4-5-3-1;1-3-2;/h1-5H;3H,1-2H3;/q2*-1;+2. The van der Waals surface area contributed by atoms with E-state index in [0.717, 1.165) is 0 Å². The maximum atomic E-state index is 2.00. The van der Waals surface area contributed by atoms with Gasteiger partial charge in [-0.1, -0.05) is 0 Å². The van der Waals surface area contributed by atoms with Crippen LogP contribution in [0.3, 0.4) is 0 Å². The minimum atomic E-state index is 0. The molecule has 0 radical (unpaired) electrons. The van der Waals surface area contributed by atoms with Crippen LogP contribution >= 0.6 is 0 Å². The summed E-state index contributed by atoms with van der Waals surface area (Å²) in [5.41, 5.74) is 0. The summed E-state index contributed by atoms with van der Waals surface area (Å²) in [6, 6.07) is 10.0. The van der Waals surface area contributed by atoms with E-state index in [-0.39, 0.29) is 16.5 Å². The Morgan fingerprint density at radius 1 is 1.11 bits per heavy atom. The SMILES string of the molecule is C[CH-]C.[Ni+2].c1cc[cH-]c1. The molecule has 0 nitrogen and oxygen atoms in total. The summed E-state index contributed by atoms with van der Waals surface area (Å²) in [5, 5.41) is 0. The van der Waals surface area contributed by atoms with E-state index < -0.39 is 0 Å². The quantitative estimate of drug-likeness (QED) is 0.411. The van der Waals surface area contributed by atoms with Crippen molar-refractivity contribution in [3.05, 3.63) is 36.8 Å². The van der Waals surface area contributed by atoms with Crippen LogP contribution in [-0.2, 0) is 16.5 Å². The molecule has 1 aromatic carbocycles. The Balaban J connectivity index is 0. The largest absolute Gasteiger partial charge is 2.00 e. The van der Waals surface area contributed by atoms with Gasteiger partial charge in [0.25, 0.3) is 0 Å². The Morgan fingerprint density at radius 3 is 1.56 bits per heavy atom. The monoisotopic (exact) mass is 166 g/mol. The van der Waals surface area contributed by atoms with Crippen LogP contribution in [0.1, 0.15) is 13.8 Å². The summed E-state index contributed by atoms with van der Waals surface area (Å²) in [4.78, 5) is 0. The minimum Gasteiger partial charge on any atom is -0.335 e. The van der Waals surface area contributed by atoms with Gasteiger partial charge in [-0.05, 0) is 0 Å². The van der Waals surface area contributed by atoms with Crippen LogP contribution < -0.4 is 0 Å². The maximum absolute atomic E-state index is 2.00. The second-order valence-electron chi connectivity index (χ2n) is 1.54. The van der Waals surface area contributed by atoms with Gasteiger partial charge in [0.15, 0.2) is 0 Å². The molecule has 0 aliphatic heterocycles. The van der Waals surface area contributed by atoms with Crippen molar-refractivity contribution in [3.8, 4) is 0 Å². The van der Waals surface area contributed by atoms with Crippen LogP contribution in [0.4, 0.5) is 0 Å². The molecular formula is C8H12Ni. The zero-order chi connectivity index (χ0) is 6.24. The van der Waals surface area contributed by atoms with Crippen molar-refractivity contribution in [2.75, 3.05) is 0 Å². The van der Waals surface area contributed by atoms with Gasteiger partial charge in [-0.2, -0.15) is 32.0 Å². The van der Waals surface area contributed by atoms with Gasteiger partial charge in [0, 0.05) is 0 Å². The van der Waals surface area contributed by atoms with Crippen LogP contribution in [0.25, 0.3) is 0 Å². The van der Waals surface area contributed by atoms with Crippen molar-refractivity contribution in [2.45, 2.75) is 13.8 Å². The second-order valence-corrected chi connectivity index (χ2v) is 1.54. The van der Waals surface area contributed by atoms with Gasteiger partial charge in [0.2, 0.25) is 0 Å². The normalized spacial score (nSPS) is 6.44. The van der Waals surface area contributed by atoms with Crippen LogP contribution in [0, 0.1) is 6.42 Å². The molecule has 0 bridgehead atoms. The fourth-order valence-corrected chi connectivity index (χ4v) is 0.321. The third-order valence-corrected chi connectivity index (χ3v) is 0.556. The van der Waals surface area contributed by atoms with E-state index >= 15 is 0 Å². The Labute approximate surface area is 67.6 Å². The molecule has 1 heteroatoms. The van der Waals surface area contributed by atoms with Crippen molar-refractivity contribution >= 4 is 0 Å². The number of hydrogen-bond donors (Lipinski definition) is 0. The van der Waals surface area contributed by atoms with Crippen LogP contribution in [0.2, 0.25) is 0 Å². The van der Waals surface area contributed by atoms with E-state index in [1.54, 1.807) is 0 Å². The Hall–Kier alpha value is -0.156. The second kappa shape index (κ2) is 10.8. The zero-order valence-electron chi connectivity index (χ0n) is 5.78. The van der Waals surface area contributed by atoms with E-state index in [9.17, 15) is 0 Å². The molecule has 0 N–H and O–H groups in total. The summed E-state index contributed by atoms with van der Waals surface area (Å²) in [6.07, 6.45) is 2.00. The van der Waals surface area contributed by atoms with Crippen LogP contribution in [0.5, 0.6) is 0 Å². The molecule has 54 valence electrons. The molecule has 0 fully saturated rings. The molecule has 0 saturated carbocycles. The molecule has 1 rings (SSSR count). The Kier molecular flexibility index (Phi) is 13.9. The molecule has 0 saturated heterocycles. The van der Waals surface area contributed by atoms with Crippen molar-refractivity contribution in [1.82, 2.24) is 0 Å². The average Bonchev–Trinajstić information content (AvgIpc) is 2.17. The van der Waals surface area contributed by atoms with Gasteiger partial charge in [-0.15, -0.1) is 0 Å². The summed E-state index contributed by atoms with van der Waals surface area (Å²) in [6.45, 7) is 4.00. The van der Waals surface area contributed by atoms with Gasteiger partial charge in [0.05, 0.1) is 0 Å². The molecule has 0 atom stereocenters. The van der Waals surface area contributed by atoms with Crippen LogP contribution in [0.15, 0.2) is 30.3 Å². The topological polar surface area (TPSA) is 0 Å². The molecule has 0 amide bonds. The van der Waals surface area contributed by atoms with Gasteiger partial charge in [-0.3, -0.25) is 0 Å². The molecular weight excluding hydrogens is 155 g/mol. The smallest absolute Gasteiger partial charge is 0.335 e. The third-order valence-electron chi connectivity index (χ3n) is 0.556. The molecule has 1 aromatic rings. The van der Waals surface area contributed by atoms with E-state index in [0.29, 0.717) is 0 Å². The van der Waals surface area contributed by atoms with Crippen molar-refractivity contribution in [2.24, 2.45) is 0 Å². The molecule has 0 aliphatic rings. The van der Waals surface area contributed by atoms with Crippen LogP contribution in [-0.4, -0.2) is 0 Å². The number of rotatable bonds is 0. The first-order valence-electron chi connectivity index (χ1n) is 2.82. The summed E-state index contributed by atoms with van der Waals surface area (Å²) >= 11 is 0. The molecule has 9 heavy (non-hydrogen) atoms. The first-order valence-corrected chi connectivity index (χ1v) is 2.82. The van der Waals surface area contributed by atoms with Gasteiger partial charge < -0.3 is 6.42 Å². The van der Waals surface area contributed by atoms with E-state index in [1.165, 1.54) is 0 Å². The average molecular weight is 167 g/mol. The van der Waals surface area contributed by atoms with Gasteiger partial charge >= 0.3 is 16.5 Å². The van der Waals surface area contributed by atoms with Crippen molar-refractivity contribution in [3.63, 3.8) is 0 Å². The Morgan fingerprint density at radius 2 is 1.44 bits per heavy atom. The van der Waals surface area contributed by atoms with Gasteiger partial charge in [-0.25, -0.2) is 12.1 Å². The third kappa shape index (κ3) is 11.4. The minimum absolute atomic E-state index is 0. The predicted octanol–water partition coefficient (Wildman–Crippen LogP) is 2.63. The first-order chi connectivity index (χ1) is 3.91. The molecule has 0 heterocycles. The number of hydrogen-bond acceptors (Lipinski definition) is 0. The summed E-state index contributed by atoms with van der Waals surface area (Å²) in [5.74, 6) is 0. The van der Waals surface area contributed by atoms with Gasteiger partial charge in [0.1, 0.15) is 0 Å². The fourth-order valence-electron chi connectivity index (χ4n) is 0.321. The Bertz CT molecular complexity index is 71.5. The summed E-state index contributed by atoms with van der Waals surface area (Å²) < 4.78 is 0. The van der Waals surface area contributed by atoms with Crippen molar-refractivity contribution in [1.29, 1.82) is 0 Å². The predicted molar refractivity (Wildman–Crippen MR) is 37.7 cm³/mol. The summed E-state index contributed by atoms with van der Waals surface area (Å²) in [7, 11) is 0. The molecule has 0 spiro atoms. The van der Waals surface area contributed by atoms with E-state index in [1.807, 2.05) is 50.6 Å².